The van der Waals surface area contributed by atoms with Gasteiger partial charge in [0.25, 0.3) is 0 Å². The highest BCUT2D eigenvalue weighted by Gasteiger charge is 2.29. The number of hydrogen-bond donors (Lipinski definition) is 0. The summed E-state index contributed by atoms with van der Waals surface area (Å²) in [4.78, 5) is 7.08. The molecule has 1 aromatic rings. The molecular weight excluding hydrogens is 222 g/mol. The van der Waals surface area contributed by atoms with E-state index >= 15 is 0 Å². The molecule has 3 nitrogen and oxygen atoms in total. The van der Waals surface area contributed by atoms with E-state index in [9.17, 15) is 5.26 Å². The molecule has 3 heteroatoms. The largest absolute Gasteiger partial charge is 0.355 e. The molecule has 2 aliphatic rings. The zero-order valence-electron chi connectivity index (χ0n) is 11.1. The Bertz CT molecular complexity index is 505. The van der Waals surface area contributed by atoms with Gasteiger partial charge in [-0.2, -0.15) is 5.26 Å². The lowest BCUT2D eigenvalue weighted by Crippen LogP contribution is -2.22. The molecule has 2 heterocycles. The highest BCUT2D eigenvalue weighted by Crippen LogP contribution is 2.31. The van der Waals surface area contributed by atoms with Crippen molar-refractivity contribution in [1.82, 2.24) is 4.98 Å². The maximum atomic E-state index is 9.33. The zero-order chi connectivity index (χ0) is 12.7. The van der Waals surface area contributed by atoms with Gasteiger partial charge in [0.15, 0.2) is 0 Å². The summed E-state index contributed by atoms with van der Waals surface area (Å²) in [5, 5.41) is 9.33. The maximum Gasteiger partial charge on any atom is 0.146 e. The second kappa shape index (κ2) is 4.28. The second-order valence-corrected chi connectivity index (χ2v) is 5.79. The summed E-state index contributed by atoms with van der Waals surface area (Å²) in [5.41, 5.74) is 3.27. The SMILES string of the molecule is CC1CN(c2nc3c(cc2C#N)CCC3)CC1C. The van der Waals surface area contributed by atoms with Crippen LogP contribution in [-0.2, 0) is 12.8 Å². The van der Waals surface area contributed by atoms with E-state index in [0.29, 0.717) is 11.8 Å². The van der Waals surface area contributed by atoms with Crippen LogP contribution in [0.15, 0.2) is 6.07 Å². The van der Waals surface area contributed by atoms with Crippen molar-refractivity contribution in [2.45, 2.75) is 33.1 Å². The molecule has 0 spiro atoms. The summed E-state index contributed by atoms with van der Waals surface area (Å²) < 4.78 is 0. The van der Waals surface area contributed by atoms with Crippen LogP contribution in [0.2, 0.25) is 0 Å². The normalized spacial score (nSPS) is 26.2. The lowest BCUT2D eigenvalue weighted by molar-refractivity contribution is 0.494. The van der Waals surface area contributed by atoms with Gasteiger partial charge in [0, 0.05) is 18.8 Å². The molecule has 3 rings (SSSR count). The molecule has 0 saturated carbocycles. The van der Waals surface area contributed by atoms with Crippen LogP contribution in [0.4, 0.5) is 5.82 Å². The average molecular weight is 241 g/mol. The Hall–Kier alpha value is -1.56. The number of anilines is 1. The number of fused-ring (bicyclic) bond motifs is 1. The van der Waals surface area contributed by atoms with E-state index in [1.54, 1.807) is 0 Å². The predicted molar refractivity (Wildman–Crippen MR) is 71.5 cm³/mol. The van der Waals surface area contributed by atoms with Gasteiger partial charge >= 0.3 is 0 Å². The van der Waals surface area contributed by atoms with E-state index < -0.39 is 0 Å². The van der Waals surface area contributed by atoms with Crippen LogP contribution in [0.25, 0.3) is 0 Å². The number of hydrogen-bond acceptors (Lipinski definition) is 3. The Kier molecular flexibility index (Phi) is 2.74. The summed E-state index contributed by atoms with van der Waals surface area (Å²) in [6, 6.07) is 4.40. The van der Waals surface area contributed by atoms with Crippen molar-refractivity contribution in [3.8, 4) is 6.07 Å². The van der Waals surface area contributed by atoms with Crippen molar-refractivity contribution in [2.24, 2.45) is 11.8 Å². The molecule has 1 aliphatic carbocycles. The lowest BCUT2D eigenvalue weighted by atomic mass is 10.0. The van der Waals surface area contributed by atoms with Gasteiger partial charge in [-0.25, -0.2) is 4.98 Å². The summed E-state index contributed by atoms with van der Waals surface area (Å²) >= 11 is 0. The molecule has 0 bridgehead atoms. The van der Waals surface area contributed by atoms with Gasteiger partial charge in [-0.1, -0.05) is 13.8 Å². The Balaban J connectivity index is 1.99. The van der Waals surface area contributed by atoms with Gasteiger partial charge in [-0.05, 0) is 42.7 Å². The fourth-order valence-corrected chi connectivity index (χ4v) is 3.09. The maximum absolute atomic E-state index is 9.33. The Labute approximate surface area is 108 Å². The van der Waals surface area contributed by atoms with Crippen molar-refractivity contribution >= 4 is 5.82 Å². The second-order valence-electron chi connectivity index (χ2n) is 5.79. The Morgan fingerprint density at radius 3 is 2.67 bits per heavy atom. The summed E-state index contributed by atoms with van der Waals surface area (Å²) in [6.07, 6.45) is 3.35. The van der Waals surface area contributed by atoms with Crippen molar-refractivity contribution in [1.29, 1.82) is 5.26 Å². The third kappa shape index (κ3) is 1.77. The highest BCUT2D eigenvalue weighted by molar-refractivity contribution is 5.57. The molecule has 1 saturated heterocycles. The molecule has 1 aromatic heterocycles. The predicted octanol–water partition coefficient (Wildman–Crippen LogP) is 2.53. The minimum absolute atomic E-state index is 0.687. The smallest absolute Gasteiger partial charge is 0.146 e. The van der Waals surface area contributed by atoms with Crippen LogP contribution in [0.3, 0.4) is 0 Å². The molecule has 0 aromatic carbocycles. The fourth-order valence-electron chi connectivity index (χ4n) is 3.09. The third-order valence-electron chi connectivity index (χ3n) is 4.44. The van der Waals surface area contributed by atoms with Gasteiger partial charge in [-0.15, -0.1) is 0 Å². The van der Waals surface area contributed by atoms with E-state index in [-0.39, 0.29) is 0 Å². The minimum Gasteiger partial charge on any atom is -0.355 e. The quantitative estimate of drug-likeness (QED) is 0.758. The molecule has 0 radical (unpaired) electrons. The van der Waals surface area contributed by atoms with E-state index in [0.717, 1.165) is 37.3 Å². The van der Waals surface area contributed by atoms with Crippen LogP contribution in [-0.4, -0.2) is 18.1 Å². The van der Waals surface area contributed by atoms with Gasteiger partial charge in [0.2, 0.25) is 0 Å². The average Bonchev–Trinajstić information content (AvgIpc) is 2.94. The number of rotatable bonds is 1. The van der Waals surface area contributed by atoms with Crippen molar-refractivity contribution in [3.05, 3.63) is 22.9 Å². The number of nitriles is 1. The van der Waals surface area contributed by atoms with Crippen molar-refractivity contribution in [2.75, 3.05) is 18.0 Å². The Morgan fingerprint density at radius 2 is 2.00 bits per heavy atom. The summed E-state index contributed by atoms with van der Waals surface area (Å²) in [5.74, 6) is 2.30. The standard InChI is InChI=1S/C15H19N3/c1-10-8-18(9-11(10)2)15-13(7-16)6-12-4-3-5-14(12)17-15/h6,10-11H,3-5,8-9H2,1-2H3. The topological polar surface area (TPSA) is 39.9 Å². The molecule has 18 heavy (non-hydrogen) atoms. The number of aromatic nitrogens is 1. The number of aryl methyl sites for hydroxylation is 2. The van der Waals surface area contributed by atoms with Gasteiger partial charge in [0.05, 0.1) is 5.56 Å². The van der Waals surface area contributed by atoms with E-state index in [1.807, 2.05) is 0 Å². The molecule has 0 N–H and O–H groups in total. The first-order valence-electron chi connectivity index (χ1n) is 6.87. The minimum atomic E-state index is 0.687. The molecule has 2 atom stereocenters. The molecule has 2 unspecified atom stereocenters. The van der Waals surface area contributed by atoms with Crippen LogP contribution in [0.1, 0.15) is 37.1 Å². The molecule has 1 fully saturated rings. The van der Waals surface area contributed by atoms with Crippen molar-refractivity contribution < 1.29 is 0 Å². The molecule has 1 aliphatic heterocycles. The molecule has 0 amide bonds. The molecule has 94 valence electrons. The Morgan fingerprint density at radius 1 is 1.28 bits per heavy atom. The first-order chi connectivity index (χ1) is 8.69. The van der Waals surface area contributed by atoms with E-state index in [2.05, 4.69) is 30.9 Å². The van der Waals surface area contributed by atoms with Crippen LogP contribution in [0.5, 0.6) is 0 Å². The summed E-state index contributed by atoms with van der Waals surface area (Å²) in [7, 11) is 0. The third-order valence-corrected chi connectivity index (χ3v) is 4.44. The zero-order valence-corrected chi connectivity index (χ0v) is 11.1. The van der Waals surface area contributed by atoms with E-state index in [4.69, 9.17) is 4.98 Å². The lowest BCUT2D eigenvalue weighted by Gasteiger charge is -2.19. The van der Waals surface area contributed by atoms with Crippen LogP contribution >= 0.6 is 0 Å². The van der Waals surface area contributed by atoms with Crippen molar-refractivity contribution in [3.63, 3.8) is 0 Å². The van der Waals surface area contributed by atoms with Gasteiger partial charge in [0.1, 0.15) is 11.9 Å². The van der Waals surface area contributed by atoms with E-state index in [1.165, 1.54) is 17.7 Å². The van der Waals surface area contributed by atoms with Crippen LogP contribution < -0.4 is 4.90 Å². The monoisotopic (exact) mass is 241 g/mol. The molecular formula is C15H19N3. The van der Waals surface area contributed by atoms with Gasteiger partial charge < -0.3 is 4.90 Å². The highest BCUT2D eigenvalue weighted by atomic mass is 15.2. The summed E-state index contributed by atoms with van der Waals surface area (Å²) in [6.45, 7) is 6.62. The first kappa shape index (κ1) is 11.5. The fraction of sp³-hybridized carbons (Fsp3) is 0.600. The van der Waals surface area contributed by atoms with Crippen LogP contribution in [0, 0.1) is 23.2 Å². The van der Waals surface area contributed by atoms with Gasteiger partial charge in [-0.3, -0.25) is 0 Å². The number of nitrogens with zero attached hydrogens (tertiary/aromatic N) is 3. The first-order valence-corrected chi connectivity index (χ1v) is 6.87. The number of pyridine rings is 1.